The molecule has 0 N–H and O–H groups in total. The van der Waals surface area contributed by atoms with Gasteiger partial charge in [-0.2, -0.15) is 0 Å². The van der Waals surface area contributed by atoms with E-state index in [1.165, 1.54) is 19.1 Å². The molecule has 15 heavy (non-hydrogen) atoms. The summed E-state index contributed by atoms with van der Waals surface area (Å²) in [4.78, 5) is 10.9. The summed E-state index contributed by atoms with van der Waals surface area (Å²) in [5.41, 5.74) is 1.66. The highest BCUT2D eigenvalue weighted by molar-refractivity contribution is 5.59. The van der Waals surface area contributed by atoms with E-state index in [0.717, 1.165) is 12.3 Å². The summed E-state index contributed by atoms with van der Waals surface area (Å²) < 4.78 is 9.44. The molecule has 0 heterocycles. The van der Waals surface area contributed by atoms with Crippen molar-refractivity contribution in [2.45, 2.75) is 26.7 Å². The molecule has 0 aromatic carbocycles. The van der Waals surface area contributed by atoms with Gasteiger partial charge in [-0.3, -0.25) is 0 Å². The molecule has 84 valence electrons. The van der Waals surface area contributed by atoms with E-state index in [2.05, 4.69) is 24.7 Å². The molecule has 3 heteroatoms. The van der Waals surface area contributed by atoms with Gasteiger partial charge in [0, 0.05) is 0 Å². The Morgan fingerprint density at radius 2 is 2.33 bits per heavy atom. The van der Waals surface area contributed by atoms with E-state index in [9.17, 15) is 4.79 Å². The summed E-state index contributed by atoms with van der Waals surface area (Å²) in [6.45, 7) is 5.00. The van der Waals surface area contributed by atoms with Crippen LogP contribution in [0, 0.1) is 17.3 Å². The van der Waals surface area contributed by atoms with Crippen molar-refractivity contribution in [2.75, 3.05) is 13.7 Å². The zero-order chi connectivity index (χ0) is 11.1. The molecule has 3 rings (SSSR count). The van der Waals surface area contributed by atoms with Crippen LogP contribution in [0.3, 0.4) is 0 Å². The number of ether oxygens (including phenoxy) is 2. The maximum atomic E-state index is 10.9. The zero-order valence-electron chi connectivity index (χ0n) is 9.58. The standard InChI is InChI=1S/C12H18O3/c1-12(2)9-5-4-8(10(12)6-9)7-15-11(13)14-3/h4,9-10H,5-7H2,1-3H3/t9-,10-/m1/s1. The number of hydrogen-bond donors (Lipinski definition) is 0. The largest absolute Gasteiger partial charge is 0.508 e. The van der Waals surface area contributed by atoms with Gasteiger partial charge in [0.05, 0.1) is 7.11 Å². The average Bonchev–Trinajstić information content (AvgIpc) is 2.25. The fourth-order valence-electron chi connectivity index (χ4n) is 2.84. The third kappa shape index (κ3) is 1.64. The minimum Gasteiger partial charge on any atom is -0.438 e. The molecule has 1 fully saturated rings. The van der Waals surface area contributed by atoms with Crippen molar-refractivity contribution >= 4 is 6.16 Å². The molecule has 3 aliphatic rings. The molecule has 0 aliphatic heterocycles. The van der Waals surface area contributed by atoms with Gasteiger partial charge in [0.1, 0.15) is 6.61 Å². The Labute approximate surface area is 90.4 Å². The second-order valence-corrected chi connectivity index (χ2v) is 5.06. The van der Waals surface area contributed by atoms with Crippen LogP contribution in [0.25, 0.3) is 0 Å². The zero-order valence-corrected chi connectivity index (χ0v) is 9.58. The minimum absolute atomic E-state index is 0.392. The van der Waals surface area contributed by atoms with E-state index in [0.29, 0.717) is 17.9 Å². The predicted octanol–water partition coefficient (Wildman–Crippen LogP) is 2.76. The summed E-state index contributed by atoms with van der Waals surface area (Å²) in [5, 5.41) is 0. The van der Waals surface area contributed by atoms with Gasteiger partial charge >= 0.3 is 6.16 Å². The van der Waals surface area contributed by atoms with Gasteiger partial charge in [-0.05, 0) is 35.7 Å². The first-order valence-corrected chi connectivity index (χ1v) is 5.45. The Balaban J connectivity index is 1.94. The summed E-state index contributed by atoms with van der Waals surface area (Å²) in [5.74, 6) is 1.42. The van der Waals surface area contributed by atoms with Crippen LogP contribution in [0.2, 0.25) is 0 Å². The highest BCUT2D eigenvalue weighted by Crippen LogP contribution is 2.59. The van der Waals surface area contributed by atoms with Gasteiger partial charge in [-0.15, -0.1) is 0 Å². The van der Waals surface area contributed by atoms with Crippen LogP contribution in [-0.4, -0.2) is 19.9 Å². The Bertz CT molecular complexity index is 304. The van der Waals surface area contributed by atoms with Crippen molar-refractivity contribution < 1.29 is 14.3 Å². The SMILES string of the molecule is COC(=O)OCC1=CC[C@@H]2C[C@H]1C2(C)C. The Kier molecular flexibility index (Phi) is 2.49. The first-order chi connectivity index (χ1) is 7.05. The Morgan fingerprint density at radius 3 is 2.87 bits per heavy atom. The minimum atomic E-state index is -0.588. The van der Waals surface area contributed by atoms with Crippen LogP contribution in [-0.2, 0) is 9.47 Å². The summed E-state index contributed by atoms with van der Waals surface area (Å²) in [6.07, 6.45) is 4.02. The van der Waals surface area contributed by atoms with Crippen molar-refractivity contribution in [3.05, 3.63) is 11.6 Å². The lowest BCUT2D eigenvalue weighted by Gasteiger charge is -2.56. The topological polar surface area (TPSA) is 35.5 Å². The highest BCUT2D eigenvalue weighted by atomic mass is 16.7. The number of carbonyl (C=O) groups is 1. The molecule has 0 unspecified atom stereocenters. The maximum absolute atomic E-state index is 10.9. The van der Waals surface area contributed by atoms with Crippen LogP contribution in [0.1, 0.15) is 26.7 Å². The molecule has 3 aliphatic carbocycles. The van der Waals surface area contributed by atoms with E-state index in [1.807, 2.05) is 0 Å². The first kappa shape index (κ1) is 10.5. The number of methoxy groups -OCH3 is 1. The predicted molar refractivity (Wildman–Crippen MR) is 56.4 cm³/mol. The van der Waals surface area contributed by atoms with Gasteiger partial charge in [-0.1, -0.05) is 19.9 Å². The quantitative estimate of drug-likeness (QED) is 0.519. The maximum Gasteiger partial charge on any atom is 0.508 e. The monoisotopic (exact) mass is 210 g/mol. The van der Waals surface area contributed by atoms with E-state index < -0.39 is 6.16 Å². The normalized spacial score (nSPS) is 31.3. The van der Waals surface area contributed by atoms with Crippen LogP contribution in [0.4, 0.5) is 4.79 Å². The third-order valence-electron chi connectivity index (χ3n) is 4.11. The van der Waals surface area contributed by atoms with Crippen molar-refractivity contribution in [1.29, 1.82) is 0 Å². The van der Waals surface area contributed by atoms with Crippen LogP contribution in [0.15, 0.2) is 11.6 Å². The Morgan fingerprint density at radius 1 is 1.60 bits per heavy atom. The molecule has 0 amide bonds. The summed E-state index contributed by atoms with van der Waals surface area (Å²) >= 11 is 0. The number of rotatable bonds is 2. The lowest BCUT2D eigenvalue weighted by Crippen LogP contribution is -2.48. The molecular formula is C12H18O3. The lowest BCUT2D eigenvalue weighted by molar-refractivity contribution is -0.0163. The van der Waals surface area contributed by atoms with Gasteiger partial charge in [0.15, 0.2) is 0 Å². The molecule has 2 atom stereocenters. The number of carbonyl (C=O) groups excluding carboxylic acids is 1. The summed E-state index contributed by atoms with van der Waals surface area (Å²) in [7, 11) is 1.33. The fraction of sp³-hybridized carbons (Fsp3) is 0.750. The van der Waals surface area contributed by atoms with Gasteiger partial charge in [-0.25, -0.2) is 4.79 Å². The van der Waals surface area contributed by atoms with Crippen LogP contribution >= 0.6 is 0 Å². The van der Waals surface area contributed by atoms with E-state index in [1.54, 1.807) is 0 Å². The van der Waals surface area contributed by atoms with Crippen molar-refractivity contribution in [3.63, 3.8) is 0 Å². The van der Waals surface area contributed by atoms with Crippen molar-refractivity contribution in [2.24, 2.45) is 17.3 Å². The highest BCUT2D eigenvalue weighted by Gasteiger charge is 2.51. The molecule has 0 spiro atoms. The smallest absolute Gasteiger partial charge is 0.438 e. The first-order valence-electron chi connectivity index (χ1n) is 5.45. The number of fused-ring (bicyclic) bond motifs is 1. The second kappa shape index (κ2) is 3.54. The van der Waals surface area contributed by atoms with E-state index in [4.69, 9.17) is 4.74 Å². The van der Waals surface area contributed by atoms with Gasteiger partial charge in [0.2, 0.25) is 0 Å². The number of allylic oxidation sites excluding steroid dienone is 1. The molecule has 0 aromatic heterocycles. The van der Waals surface area contributed by atoms with Crippen LogP contribution < -0.4 is 0 Å². The van der Waals surface area contributed by atoms with Gasteiger partial charge < -0.3 is 9.47 Å². The van der Waals surface area contributed by atoms with Crippen LogP contribution in [0.5, 0.6) is 0 Å². The van der Waals surface area contributed by atoms with Crippen molar-refractivity contribution in [1.82, 2.24) is 0 Å². The fourth-order valence-corrected chi connectivity index (χ4v) is 2.84. The molecule has 3 nitrogen and oxygen atoms in total. The molecule has 0 radical (unpaired) electrons. The van der Waals surface area contributed by atoms with E-state index in [-0.39, 0.29) is 0 Å². The summed E-state index contributed by atoms with van der Waals surface area (Å²) in [6, 6.07) is 0. The number of hydrogen-bond acceptors (Lipinski definition) is 3. The Hall–Kier alpha value is -0.990. The molecule has 2 bridgehead atoms. The lowest BCUT2D eigenvalue weighted by atomic mass is 9.49. The van der Waals surface area contributed by atoms with Gasteiger partial charge in [0.25, 0.3) is 0 Å². The molecule has 1 saturated carbocycles. The van der Waals surface area contributed by atoms with Crippen molar-refractivity contribution in [3.8, 4) is 0 Å². The molecular weight excluding hydrogens is 192 g/mol. The van der Waals surface area contributed by atoms with E-state index >= 15 is 0 Å². The molecule has 0 saturated heterocycles. The molecule has 0 aromatic rings. The third-order valence-corrected chi connectivity index (χ3v) is 4.11. The average molecular weight is 210 g/mol. The second-order valence-electron chi connectivity index (χ2n) is 5.06.